The molecule has 1 aromatic carbocycles. The topological polar surface area (TPSA) is 50.6 Å². The van der Waals surface area contributed by atoms with Crippen LogP contribution in [-0.2, 0) is 4.84 Å². The lowest BCUT2D eigenvalue weighted by Gasteiger charge is -2.17. The lowest BCUT2D eigenvalue weighted by atomic mass is 9.95. The summed E-state index contributed by atoms with van der Waals surface area (Å²) in [5.41, 5.74) is 4.17. The number of anilines is 1. The average Bonchev–Trinajstić information content (AvgIpc) is 3.07. The predicted octanol–water partition coefficient (Wildman–Crippen LogP) is 2.33. The van der Waals surface area contributed by atoms with Crippen LogP contribution in [0, 0.1) is 19.8 Å². The van der Waals surface area contributed by atoms with Crippen LogP contribution in [0.25, 0.3) is 0 Å². The molecule has 3 heterocycles. The van der Waals surface area contributed by atoms with Crippen molar-refractivity contribution >= 4 is 11.7 Å². The van der Waals surface area contributed by atoms with Crippen molar-refractivity contribution in [1.29, 1.82) is 0 Å². The molecule has 2 aliphatic heterocycles. The highest BCUT2D eigenvalue weighted by molar-refractivity contribution is 6.03. The molecule has 0 N–H and O–H groups in total. The van der Waals surface area contributed by atoms with Crippen LogP contribution in [0.4, 0.5) is 5.95 Å². The highest BCUT2D eigenvalue weighted by atomic mass is 16.6. The van der Waals surface area contributed by atoms with Gasteiger partial charge in [-0.15, -0.1) is 0 Å². The number of nitrogens with zero attached hydrogens (tertiary/aromatic N) is 4. The van der Waals surface area contributed by atoms with Gasteiger partial charge in [0.25, 0.3) is 0 Å². The van der Waals surface area contributed by atoms with Gasteiger partial charge in [0.15, 0.2) is 6.10 Å². The van der Waals surface area contributed by atoms with Crippen LogP contribution in [0.2, 0.25) is 0 Å². The van der Waals surface area contributed by atoms with E-state index in [-0.39, 0.29) is 12.0 Å². The third-order valence-electron chi connectivity index (χ3n) is 4.23. The van der Waals surface area contributed by atoms with E-state index in [1.807, 2.05) is 38.1 Å². The Morgan fingerprint density at radius 1 is 1.05 bits per heavy atom. The van der Waals surface area contributed by atoms with Gasteiger partial charge in [0, 0.05) is 17.9 Å². The third kappa shape index (κ3) is 2.22. The number of hydrogen-bond donors (Lipinski definition) is 0. The van der Waals surface area contributed by atoms with Gasteiger partial charge in [-0.25, -0.2) is 9.97 Å². The van der Waals surface area contributed by atoms with Crippen LogP contribution >= 0.6 is 0 Å². The SMILES string of the molecule is Cc1cc(C)nc(N2CC3ON=C(c4ccccc4)C3C2)n1. The molecule has 0 amide bonds. The van der Waals surface area contributed by atoms with E-state index in [0.29, 0.717) is 0 Å². The van der Waals surface area contributed by atoms with Crippen molar-refractivity contribution in [3.63, 3.8) is 0 Å². The van der Waals surface area contributed by atoms with Gasteiger partial charge < -0.3 is 9.74 Å². The predicted molar refractivity (Wildman–Crippen MR) is 85.1 cm³/mol. The molecule has 0 radical (unpaired) electrons. The summed E-state index contributed by atoms with van der Waals surface area (Å²) >= 11 is 0. The first kappa shape index (κ1) is 13.2. The van der Waals surface area contributed by atoms with E-state index in [0.717, 1.165) is 41.7 Å². The number of oxime groups is 1. The van der Waals surface area contributed by atoms with Gasteiger partial charge in [0.1, 0.15) is 0 Å². The molecule has 2 aliphatic rings. The van der Waals surface area contributed by atoms with Crippen molar-refractivity contribution < 1.29 is 4.84 Å². The summed E-state index contributed by atoms with van der Waals surface area (Å²) in [6, 6.07) is 12.2. The first-order valence-corrected chi connectivity index (χ1v) is 7.57. The lowest BCUT2D eigenvalue weighted by Crippen LogP contribution is -2.25. The molecule has 1 aromatic heterocycles. The highest BCUT2D eigenvalue weighted by Crippen LogP contribution is 2.31. The molecule has 0 bridgehead atoms. The van der Waals surface area contributed by atoms with Gasteiger partial charge in [-0.2, -0.15) is 0 Å². The normalized spacial score (nSPS) is 23.2. The Hall–Kier alpha value is -2.43. The Labute approximate surface area is 129 Å². The van der Waals surface area contributed by atoms with E-state index >= 15 is 0 Å². The number of hydrogen-bond acceptors (Lipinski definition) is 5. The van der Waals surface area contributed by atoms with Gasteiger partial charge in [0.05, 0.1) is 18.2 Å². The maximum Gasteiger partial charge on any atom is 0.225 e. The van der Waals surface area contributed by atoms with Crippen LogP contribution in [-0.4, -0.2) is 34.9 Å². The molecule has 2 unspecified atom stereocenters. The van der Waals surface area contributed by atoms with Crippen LogP contribution in [0.1, 0.15) is 17.0 Å². The maximum atomic E-state index is 5.65. The molecule has 0 saturated carbocycles. The van der Waals surface area contributed by atoms with Gasteiger partial charge in [0.2, 0.25) is 5.95 Å². The fourth-order valence-corrected chi connectivity index (χ4v) is 3.22. The molecule has 112 valence electrons. The summed E-state index contributed by atoms with van der Waals surface area (Å²) in [6.45, 7) is 5.64. The van der Waals surface area contributed by atoms with Crippen molar-refractivity contribution in [2.24, 2.45) is 11.1 Å². The van der Waals surface area contributed by atoms with E-state index in [1.54, 1.807) is 0 Å². The Balaban J connectivity index is 1.59. The van der Waals surface area contributed by atoms with Crippen molar-refractivity contribution in [1.82, 2.24) is 9.97 Å². The van der Waals surface area contributed by atoms with Crippen molar-refractivity contribution in [3.8, 4) is 0 Å². The fourth-order valence-electron chi connectivity index (χ4n) is 3.22. The second-order valence-electron chi connectivity index (χ2n) is 5.95. The molecular weight excluding hydrogens is 276 g/mol. The van der Waals surface area contributed by atoms with E-state index in [2.05, 4.69) is 32.2 Å². The highest BCUT2D eigenvalue weighted by Gasteiger charge is 2.43. The van der Waals surface area contributed by atoms with Gasteiger partial charge in [-0.05, 0) is 25.5 Å². The van der Waals surface area contributed by atoms with Crippen molar-refractivity contribution in [2.45, 2.75) is 20.0 Å². The summed E-state index contributed by atoms with van der Waals surface area (Å²) in [5, 5.41) is 4.30. The van der Waals surface area contributed by atoms with Crippen LogP contribution in [0.5, 0.6) is 0 Å². The van der Waals surface area contributed by atoms with Gasteiger partial charge in [-0.1, -0.05) is 35.5 Å². The molecule has 1 saturated heterocycles. The monoisotopic (exact) mass is 294 g/mol. The van der Waals surface area contributed by atoms with Gasteiger partial charge >= 0.3 is 0 Å². The van der Waals surface area contributed by atoms with E-state index < -0.39 is 0 Å². The number of fused-ring (bicyclic) bond motifs is 1. The second-order valence-corrected chi connectivity index (χ2v) is 5.95. The summed E-state index contributed by atoms with van der Waals surface area (Å²) in [6.07, 6.45) is 0.0969. The zero-order valence-electron chi connectivity index (χ0n) is 12.7. The molecule has 2 aromatic rings. The lowest BCUT2D eigenvalue weighted by molar-refractivity contribution is 0.0853. The first-order valence-electron chi connectivity index (χ1n) is 7.57. The summed E-state index contributed by atoms with van der Waals surface area (Å²) in [7, 11) is 0. The average molecular weight is 294 g/mol. The Morgan fingerprint density at radius 3 is 2.50 bits per heavy atom. The first-order chi connectivity index (χ1) is 10.7. The largest absolute Gasteiger partial charge is 0.390 e. The molecular formula is C17H18N4O. The van der Waals surface area contributed by atoms with Crippen LogP contribution in [0.15, 0.2) is 41.6 Å². The van der Waals surface area contributed by atoms with Crippen molar-refractivity contribution in [2.75, 3.05) is 18.0 Å². The minimum absolute atomic E-state index is 0.0969. The number of aromatic nitrogens is 2. The number of aryl methyl sites for hydroxylation is 2. The zero-order chi connectivity index (χ0) is 15.1. The van der Waals surface area contributed by atoms with Crippen LogP contribution < -0.4 is 4.90 Å². The Bertz CT molecular complexity index is 708. The molecule has 0 aliphatic carbocycles. The zero-order valence-corrected chi connectivity index (χ0v) is 12.7. The summed E-state index contributed by atoms with van der Waals surface area (Å²) < 4.78 is 0. The molecule has 0 spiro atoms. The van der Waals surface area contributed by atoms with E-state index in [4.69, 9.17) is 4.84 Å². The minimum atomic E-state index is 0.0969. The van der Waals surface area contributed by atoms with Crippen LogP contribution in [0.3, 0.4) is 0 Å². The number of rotatable bonds is 2. The molecule has 4 rings (SSSR count). The Kier molecular flexibility index (Phi) is 3.06. The van der Waals surface area contributed by atoms with E-state index in [1.165, 1.54) is 0 Å². The standard InChI is InChI=1S/C17H18N4O/c1-11-8-12(2)19-17(18-11)21-9-14-15(10-21)22-20-16(14)13-6-4-3-5-7-13/h3-8,14-15H,9-10H2,1-2H3. The Morgan fingerprint density at radius 2 is 1.77 bits per heavy atom. The quantitative estimate of drug-likeness (QED) is 0.853. The maximum absolute atomic E-state index is 5.65. The molecule has 22 heavy (non-hydrogen) atoms. The fraction of sp³-hybridized carbons (Fsp3) is 0.353. The molecule has 5 nitrogen and oxygen atoms in total. The molecule has 5 heteroatoms. The molecule has 2 atom stereocenters. The second kappa shape index (κ2) is 5.09. The summed E-state index contributed by atoms with van der Waals surface area (Å²) in [5.74, 6) is 1.08. The van der Waals surface area contributed by atoms with Crippen molar-refractivity contribution in [3.05, 3.63) is 53.3 Å². The van der Waals surface area contributed by atoms with E-state index in [9.17, 15) is 0 Å². The van der Waals surface area contributed by atoms with Gasteiger partial charge in [-0.3, -0.25) is 0 Å². The summed E-state index contributed by atoms with van der Waals surface area (Å²) in [4.78, 5) is 17.0. The number of benzene rings is 1. The third-order valence-corrected chi connectivity index (χ3v) is 4.23. The smallest absolute Gasteiger partial charge is 0.225 e. The minimum Gasteiger partial charge on any atom is -0.390 e. The molecule has 1 fully saturated rings.